The van der Waals surface area contributed by atoms with Gasteiger partial charge in [-0.1, -0.05) is 24.3 Å². The molecule has 37 heavy (non-hydrogen) atoms. The number of rotatable bonds is 9. The van der Waals surface area contributed by atoms with Gasteiger partial charge in [-0.2, -0.15) is 5.10 Å². The van der Waals surface area contributed by atoms with Gasteiger partial charge in [-0.15, -0.1) is 0 Å². The second-order valence-electron chi connectivity index (χ2n) is 9.15. The molecule has 0 saturated carbocycles. The van der Waals surface area contributed by atoms with Gasteiger partial charge in [0.25, 0.3) is 11.7 Å². The molecule has 1 aromatic heterocycles. The Balaban J connectivity index is 1.84. The van der Waals surface area contributed by atoms with Crippen LogP contribution in [-0.2, 0) is 9.59 Å². The Labute approximate surface area is 216 Å². The fourth-order valence-corrected chi connectivity index (χ4v) is 4.65. The summed E-state index contributed by atoms with van der Waals surface area (Å²) in [6.07, 6.45) is 2.18. The highest BCUT2D eigenvalue weighted by atomic mass is 16.5. The van der Waals surface area contributed by atoms with E-state index in [9.17, 15) is 14.7 Å². The molecule has 2 heterocycles. The van der Waals surface area contributed by atoms with E-state index in [4.69, 9.17) is 9.47 Å². The molecule has 0 spiro atoms. The molecule has 1 aliphatic heterocycles. The van der Waals surface area contributed by atoms with Crippen molar-refractivity contribution in [1.29, 1.82) is 0 Å². The van der Waals surface area contributed by atoms with Crippen LogP contribution in [0.25, 0.3) is 11.4 Å². The van der Waals surface area contributed by atoms with Crippen molar-refractivity contribution in [3.63, 3.8) is 0 Å². The number of methoxy groups -OCH3 is 2. The first kappa shape index (κ1) is 26.0. The zero-order valence-electron chi connectivity index (χ0n) is 21.8. The van der Waals surface area contributed by atoms with Crippen molar-refractivity contribution in [3.8, 4) is 17.2 Å². The zero-order chi connectivity index (χ0) is 26.7. The van der Waals surface area contributed by atoms with Crippen LogP contribution in [0.1, 0.15) is 29.3 Å². The molecule has 3 aromatic rings. The van der Waals surface area contributed by atoms with Gasteiger partial charge < -0.3 is 24.4 Å². The summed E-state index contributed by atoms with van der Waals surface area (Å²) in [4.78, 5) is 30.2. The fraction of sp³-hybridized carbons (Fsp3) is 0.321. The Bertz CT molecular complexity index is 1330. The van der Waals surface area contributed by atoms with E-state index in [1.165, 1.54) is 25.3 Å². The number of carbonyl (C=O) groups is 2. The summed E-state index contributed by atoms with van der Waals surface area (Å²) in [5, 5.41) is 15.9. The largest absolute Gasteiger partial charge is 0.507 e. The summed E-state index contributed by atoms with van der Waals surface area (Å²) in [5.74, 6) is -0.641. The highest BCUT2D eigenvalue weighted by Gasteiger charge is 2.46. The van der Waals surface area contributed by atoms with E-state index in [0.717, 1.165) is 12.2 Å². The Morgan fingerprint density at radius 3 is 2.41 bits per heavy atom. The molecule has 9 heteroatoms. The lowest BCUT2D eigenvalue weighted by atomic mass is 9.95. The smallest absolute Gasteiger partial charge is 0.295 e. The number of aliphatic hydroxyl groups excluding tert-OH is 1. The van der Waals surface area contributed by atoms with Crippen molar-refractivity contribution in [3.05, 3.63) is 77.1 Å². The minimum absolute atomic E-state index is 0.0257. The van der Waals surface area contributed by atoms with E-state index in [-0.39, 0.29) is 11.3 Å². The second kappa shape index (κ2) is 10.9. The third kappa shape index (κ3) is 4.95. The maximum Gasteiger partial charge on any atom is 0.295 e. The topological polar surface area (TPSA) is 97.1 Å². The van der Waals surface area contributed by atoms with Gasteiger partial charge in [0.2, 0.25) is 0 Å². The number of nitrogens with zero attached hydrogens (tertiary/aromatic N) is 4. The highest BCUT2D eigenvalue weighted by Crippen LogP contribution is 2.42. The quantitative estimate of drug-likeness (QED) is 0.270. The summed E-state index contributed by atoms with van der Waals surface area (Å²) < 4.78 is 12.5. The highest BCUT2D eigenvalue weighted by molar-refractivity contribution is 6.46. The first-order chi connectivity index (χ1) is 17.8. The SMILES string of the molecule is COc1ccc([C@H]2C(=C(O)c3cnn(-c4ccccc4)c3C)C(=O)C(=O)N2CCCN(C)C)cc1OC. The Morgan fingerprint density at radius 1 is 1.05 bits per heavy atom. The van der Waals surface area contributed by atoms with Gasteiger partial charge in [0.1, 0.15) is 5.76 Å². The predicted molar refractivity (Wildman–Crippen MR) is 140 cm³/mol. The monoisotopic (exact) mass is 504 g/mol. The molecule has 1 amide bonds. The molecule has 1 N–H and O–H groups in total. The molecular weight excluding hydrogens is 472 g/mol. The summed E-state index contributed by atoms with van der Waals surface area (Å²) in [6, 6.07) is 14.0. The Morgan fingerprint density at radius 2 is 1.76 bits per heavy atom. The first-order valence-corrected chi connectivity index (χ1v) is 12.0. The van der Waals surface area contributed by atoms with Gasteiger partial charge in [0, 0.05) is 6.54 Å². The average molecular weight is 505 g/mol. The van der Waals surface area contributed by atoms with Crippen molar-refractivity contribution in [2.75, 3.05) is 41.4 Å². The van der Waals surface area contributed by atoms with E-state index in [0.29, 0.717) is 41.3 Å². The number of ketones is 1. The van der Waals surface area contributed by atoms with Gasteiger partial charge in [0.15, 0.2) is 11.5 Å². The first-order valence-electron chi connectivity index (χ1n) is 12.0. The minimum Gasteiger partial charge on any atom is -0.507 e. The van der Waals surface area contributed by atoms with E-state index < -0.39 is 17.7 Å². The molecule has 1 fully saturated rings. The predicted octanol–water partition coefficient (Wildman–Crippen LogP) is 3.57. The lowest BCUT2D eigenvalue weighted by molar-refractivity contribution is -0.139. The third-order valence-corrected chi connectivity index (χ3v) is 6.53. The molecule has 0 unspecified atom stereocenters. The van der Waals surface area contributed by atoms with Crippen molar-refractivity contribution in [2.45, 2.75) is 19.4 Å². The van der Waals surface area contributed by atoms with Crippen molar-refractivity contribution >= 4 is 17.4 Å². The molecule has 0 aliphatic carbocycles. The second-order valence-corrected chi connectivity index (χ2v) is 9.15. The lowest BCUT2D eigenvalue weighted by Gasteiger charge is -2.26. The number of benzene rings is 2. The van der Waals surface area contributed by atoms with Crippen LogP contribution in [0.4, 0.5) is 0 Å². The minimum atomic E-state index is -0.790. The van der Waals surface area contributed by atoms with E-state index in [1.807, 2.05) is 56.3 Å². The van der Waals surface area contributed by atoms with Crippen molar-refractivity contribution in [1.82, 2.24) is 19.6 Å². The molecule has 194 valence electrons. The number of para-hydroxylation sites is 1. The molecule has 0 radical (unpaired) electrons. The number of aromatic nitrogens is 2. The average Bonchev–Trinajstić information content (AvgIpc) is 3.40. The normalized spacial score (nSPS) is 17.0. The van der Waals surface area contributed by atoms with Crippen LogP contribution in [0.2, 0.25) is 0 Å². The number of amides is 1. The molecule has 4 rings (SSSR count). The number of ether oxygens (including phenoxy) is 2. The van der Waals surface area contributed by atoms with Crippen molar-refractivity contribution in [2.24, 2.45) is 0 Å². The molecule has 0 bridgehead atoms. The number of hydrogen-bond donors (Lipinski definition) is 1. The van der Waals surface area contributed by atoms with Crippen LogP contribution in [0.5, 0.6) is 11.5 Å². The molecule has 1 saturated heterocycles. The molecule has 1 atom stereocenters. The number of carbonyl (C=O) groups excluding carboxylic acids is 2. The van der Waals surface area contributed by atoms with Gasteiger partial charge in [-0.3, -0.25) is 9.59 Å². The zero-order valence-corrected chi connectivity index (χ0v) is 21.8. The summed E-state index contributed by atoms with van der Waals surface area (Å²) in [6.45, 7) is 2.90. The van der Waals surface area contributed by atoms with E-state index >= 15 is 0 Å². The molecule has 1 aliphatic rings. The standard InChI is InChI=1S/C28H32N4O5/c1-18-21(17-29-32(18)20-10-7-6-8-11-20)26(33)24-25(19-12-13-22(36-4)23(16-19)37-5)31(28(35)27(24)34)15-9-14-30(2)3/h6-8,10-13,16-17,25,33H,9,14-15H2,1-5H3/t25-/m0/s1. The van der Waals surface area contributed by atoms with Crippen LogP contribution < -0.4 is 9.47 Å². The number of likely N-dealkylation sites (tertiary alicyclic amines) is 1. The van der Waals surface area contributed by atoms with E-state index in [2.05, 4.69) is 5.10 Å². The van der Waals surface area contributed by atoms with Gasteiger partial charge in [0.05, 0.1) is 49.0 Å². The number of aliphatic hydroxyl groups is 1. The Kier molecular flexibility index (Phi) is 7.63. The number of hydrogen-bond acceptors (Lipinski definition) is 7. The van der Waals surface area contributed by atoms with Crippen molar-refractivity contribution < 1.29 is 24.2 Å². The third-order valence-electron chi connectivity index (χ3n) is 6.53. The molecule has 9 nitrogen and oxygen atoms in total. The van der Waals surface area contributed by atoms with Gasteiger partial charge >= 0.3 is 0 Å². The lowest BCUT2D eigenvalue weighted by Crippen LogP contribution is -2.32. The molecule has 2 aromatic carbocycles. The maximum atomic E-state index is 13.4. The maximum absolute atomic E-state index is 13.4. The Hall–Kier alpha value is -4.11. The summed E-state index contributed by atoms with van der Waals surface area (Å²) in [7, 11) is 6.97. The van der Waals surface area contributed by atoms with Crippen LogP contribution in [-0.4, -0.2) is 77.8 Å². The summed E-state index contributed by atoms with van der Waals surface area (Å²) in [5.41, 5.74) is 2.52. The van der Waals surface area contributed by atoms with Crippen LogP contribution in [0.3, 0.4) is 0 Å². The molecular formula is C28H32N4O5. The van der Waals surface area contributed by atoms with Crippen LogP contribution in [0.15, 0.2) is 60.3 Å². The van der Waals surface area contributed by atoms with Gasteiger partial charge in [-0.25, -0.2) is 4.68 Å². The summed E-state index contributed by atoms with van der Waals surface area (Å²) >= 11 is 0. The van der Waals surface area contributed by atoms with Gasteiger partial charge in [-0.05, 0) is 63.8 Å². The number of Topliss-reactive ketones (excluding diaryl/α,β-unsaturated/α-hetero) is 1. The fourth-order valence-electron chi connectivity index (χ4n) is 4.65. The van der Waals surface area contributed by atoms with E-state index in [1.54, 1.807) is 22.9 Å². The van der Waals surface area contributed by atoms with Crippen LogP contribution in [0, 0.1) is 6.92 Å². The van der Waals surface area contributed by atoms with Crippen LogP contribution >= 0.6 is 0 Å².